The maximum absolute atomic E-state index is 6.13. The number of ether oxygens (including phenoxy) is 2. The molecule has 55 heavy (non-hydrogen) atoms. The van der Waals surface area contributed by atoms with Gasteiger partial charge in [0.05, 0.1) is 48.1 Å². The summed E-state index contributed by atoms with van der Waals surface area (Å²) in [4.78, 5) is 5.11. The Morgan fingerprint density at radius 3 is 1.49 bits per heavy atom. The van der Waals surface area contributed by atoms with Gasteiger partial charge in [0, 0.05) is 13.1 Å². The number of aromatic nitrogens is 4. The minimum absolute atomic E-state index is 0. The number of piperidine rings is 2. The molecule has 4 aromatic carbocycles. The van der Waals surface area contributed by atoms with Gasteiger partial charge in [0.15, 0.2) is 0 Å². The zero-order valence-electron chi connectivity index (χ0n) is 31.5. The lowest BCUT2D eigenvalue weighted by Gasteiger charge is -2.26. The Kier molecular flexibility index (Phi) is 16.2. The van der Waals surface area contributed by atoms with E-state index in [1.165, 1.54) is 81.4 Å². The number of hydrogen-bond donors (Lipinski definition) is 0. The largest absolute Gasteiger partial charge is 0.476 e. The van der Waals surface area contributed by atoms with Crippen molar-refractivity contribution < 1.29 is 9.47 Å². The Balaban J connectivity index is 0.000000204. The van der Waals surface area contributed by atoms with Crippen molar-refractivity contribution in [3.05, 3.63) is 120 Å². The van der Waals surface area contributed by atoms with Crippen molar-refractivity contribution in [2.45, 2.75) is 86.2 Å². The molecule has 0 bridgehead atoms. The molecule has 4 heterocycles. The lowest BCUT2D eigenvalue weighted by molar-refractivity contribution is 0.203. The van der Waals surface area contributed by atoms with Gasteiger partial charge in [-0.3, -0.25) is 9.36 Å². The van der Waals surface area contributed by atoms with E-state index in [1.54, 1.807) is 0 Å². The van der Waals surface area contributed by atoms with E-state index < -0.39 is 0 Å². The van der Waals surface area contributed by atoms with Crippen LogP contribution < -0.4 is 9.47 Å². The van der Waals surface area contributed by atoms with Gasteiger partial charge >= 0.3 is 0 Å². The molecule has 8 nitrogen and oxygen atoms in total. The molecule has 0 spiro atoms. The molecule has 2 aliphatic heterocycles. The van der Waals surface area contributed by atoms with Crippen LogP contribution in [0.4, 0.5) is 0 Å². The fraction of sp³-hybridized carbons (Fsp3) is 0.447. The molecule has 2 aliphatic rings. The fourth-order valence-electron chi connectivity index (χ4n) is 7.61. The standard InChI is InChI=1S/C23H29N3O.C22H27N3O.2CH4/c1-19-11-12-22-21(17-19)23(24-26(22)18-20-9-4-2-5-10-20)27-16-8-15-25-13-6-3-7-14-25;1-3-10-19(11-4-1)18-25-21-13-6-5-12-20(21)22(23-25)26-17-9-16-24-14-7-2-8-15-24;;/h2,4-5,9-12,17H,3,6-8,13-16,18H2,1H3;1,3-6,10-13H,2,7-9,14-18H2;2*1H4. The van der Waals surface area contributed by atoms with E-state index in [2.05, 4.69) is 112 Å². The number of nitrogens with zero attached hydrogens (tertiary/aromatic N) is 6. The quantitative estimate of drug-likeness (QED) is 0.104. The molecule has 0 radical (unpaired) electrons. The first-order valence-corrected chi connectivity index (χ1v) is 19.9. The zero-order chi connectivity index (χ0) is 36.1. The van der Waals surface area contributed by atoms with Crippen LogP contribution in [0.2, 0.25) is 0 Å². The average Bonchev–Trinajstić information content (AvgIpc) is 3.73. The number of fused-ring (bicyclic) bond motifs is 2. The van der Waals surface area contributed by atoms with E-state index in [-0.39, 0.29) is 14.9 Å². The van der Waals surface area contributed by atoms with Crippen LogP contribution in [0, 0.1) is 6.92 Å². The van der Waals surface area contributed by atoms with Crippen LogP contribution in [0.3, 0.4) is 0 Å². The minimum atomic E-state index is 0. The molecule has 6 aromatic rings. The normalized spacial score (nSPS) is 14.8. The SMILES string of the molecule is C.C.Cc1ccc2c(c1)c(OCCCN1CCCCC1)nn2Cc1ccccc1.c1ccc(Cn2nc(OCCCN3CCCCC3)c3ccccc32)cc1. The summed E-state index contributed by atoms with van der Waals surface area (Å²) in [6.07, 6.45) is 10.3. The van der Waals surface area contributed by atoms with E-state index in [1.807, 2.05) is 16.8 Å². The van der Waals surface area contributed by atoms with Gasteiger partial charge in [0.1, 0.15) is 0 Å². The van der Waals surface area contributed by atoms with E-state index in [0.717, 1.165) is 85.8 Å². The molecule has 0 saturated carbocycles. The first-order valence-electron chi connectivity index (χ1n) is 19.9. The number of likely N-dealkylation sites (tertiary alicyclic amines) is 2. The molecular weight excluding hydrogens is 681 g/mol. The summed E-state index contributed by atoms with van der Waals surface area (Å²) in [5.41, 5.74) is 5.99. The van der Waals surface area contributed by atoms with Gasteiger partial charge in [-0.15, -0.1) is 10.2 Å². The number of rotatable bonds is 14. The van der Waals surface area contributed by atoms with Gasteiger partial charge in [-0.1, -0.05) is 112 Å². The van der Waals surface area contributed by atoms with Crippen LogP contribution >= 0.6 is 0 Å². The summed E-state index contributed by atoms with van der Waals surface area (Å²) in [6, 6.07) is 35.7. The average molecular weight is 745 g/mol. The van der Waals surface area contributed by atoms with Gasteiger partial charge in [0.2, 0.25) is 11.8 Å². The predicted octanol–water partition coefficient (Wildman–Crippen LogP) is 10.3. The monoisotopic (exact) mass is 745 g/mol. The Morgan fingerprint density at radius 2 is 0.964 bits per heavy atom. The van der Waals surface area contributed by atoms with Gasteiger partial charge in [-0.25, -0.2) is 0 Å². The Labute approximate surface area is 330 Å². The first-order chi connectivity index (χ1) is 26.2. The Bertz CT molecular complexity index is 1980. The maximum Gasteiger partial charge on any atom is 0.240 e. The predicted molar refractivity (Wildman–Crippen MR) is 230 cm³/mol. The molecule has 0 amide bonds. The molecule has 2 aromatic heterocycles. The van der Waals surface area contributed by atoms with Crippen molar-refractivity contribution in [3.63, 3.8) is 0 Å². The smallest absolute Gasteiger partial charge is 0.240 e. The summed E-state index contributed by atoms with van der Waals surface area (Å²) >= 11 is 0. The minimum Gasteiger partial charge on any atom is -0.476 e. The number of aryl methyl sites for hydroxylation is 1. The highest BCUT2D eigenvalue weighted by atomic mass is 16.5. The summed E-state index contributed by atoms with van der Waals surface area (Å²) in [5, 5.41) is 11.8. The second-order valence-electron chi connectivity index (χ2n) is 14.6. The van der Waals surface area contributed by atoms with Gasteiger partial charge < -0.3 is 19.3 Å². The first kappa shape index (κ1) is 41.5. The highest BCUT2D eigenvalue weighted by molar-refractivity contribution is 5.85. The van der Waals surface area contributed by atoms with Crippen molar-refractivity contribution in [2.24, 2.45) is 0 Å². The third kappa shape index (κ3) is 11.7. The Morgan fingerprint density at radius 1 is 0.509 bits per heavy atom. The molecule has 0 atom stereocenters. The van der Waals surface area contributed by atoms with E-state index in [9.17, 15) is 0 Å². The number of para-hydroxylation sites is 1. The van der Waals surface area contributed by atoms with Gasteiger partial charge in [0.25, 0.3) is 0 Å². The lowest BCUT2D eigenvalue weighted by Crippen LogP contribution is -2.31. The summed E-state index contributed by atoms with van der Waals surface area (Å²) in [7, 11) is 0. The number of benzene rings is 4. The van der Waals surface area contributed by atoms with Crippen molar-refractivity contribution in [3.8, 4) is 11.8 Å². The second kappa shape index (κ2) is 21.4. The van der Waals surface area contributed by atoms with Crippen molar-refractivity contribution >= 4 is 21.8 Å². The van der Waals surface area contributed by atoms with Crippen molar-refractivity contribution in [1.29, 1.82) is 0 Å². The molecule has 0 aliphatic carbocycles. The fourth-order valence-corrected chi connectivity index (χ4v) is 7.61. The molecule has 2 saturated heterocycles. The topological polar surface area (TPSA) is 60.6 Å². The third-order valence-electron chi connectivity index (χ3n) is 10.5. The van der Waals surface area contributed by atoms with Gasteiger partial charge in [-0.05, 0) is 107 Å². The van der Waals surface area contributed by atoms with Crippen LogP contribution in [0.25, 0.3) is 21.8 Å². The van der Waals surface area contributed by atoms with E-state index in [0.29, 0.717) is 0 Å². The second-order valence-corrected chi connectivity index (χ2v) is 14.6. The van der Waals surface area contributed by atoms with Crippen molar-refractivity contribution in [1.82, 2.24) is 29.4 Å². The van der Waals surface area contributed by atoms with Crippen LogP contribution in [-0.4, -0.2) is 81.8 Å². The van der Waals surface area contributed by atoms with Crippen LogP contribution in [0.15, 0.2) is 103 Å². The number of hydrogen-bond acceptors (Lipinski definition) is 6. The molecule has 0 unspecified atom stereocenters. The highest BCUT2D eigenvalue weighted by Gasteiger charge is 2.15. The Hall–Kier alpha value is -4.66. The summed E-state index contributed by atoms with van der Waals surface area (Å²) < 4.78 is 16.3. The summed E-state index contributed by atoms with van der Waals surface area (Å²) in [5.74, 6) is 1.53. The summed E-state index contributed by atoms with van der Waals surface area (Å²) in [6.45, 7) is 12.3. The highest BCUT2D eigenvalue weighted by Crippen LogP contribution is 2.28. The lowest BCUT2D eigenvalue weighted by atomic mass is 10.1. The van der Waals surface area contributed by atoms with Crippen LogP contribution in [0.5, 0.6) is 11.8 Å². The van der Waals surface area contributed by atoms with Crippen molar-refractivity contribution in [2.75, 3.05) is 52.5 Å². The van der Waals surface area contributed by atoms with E-state index in [4.69, 9.17) is 19.7 Å². The molecule has 0 N–H and O–H groups in total. The van der Waals surface area contributed by atoms with Crippen LogP contribution in [0.1, 0.15) is 82.9 Å². The molecule has 8 rings (SSSR count). The maximum atomic E-state index is 6.13. The van der Waals surface area contributed by atoms with Gasteiger partial charge in [-0.2, -0.15) is 0 Å². The third-order valence-corrected chi connectivity index (χ3v) is 10.5. The molecule has 2 fully saturated rings. The molecule has 294 valence electrons. The molecule has 8 heteroatoms. The molecular formula is C47H64N6O2. The van der Waals surface area contributed by atoms with E-state index >= 15 is 0 Å². The zero-order valence-corrected chi connectivity index (χ0v) is 31.5. The van der Waals surface area contributed by atoms with Crippen LogP contribution in [-0.2, 0) is 13.1 Å².